The van der Waals surface area contributed by atoms with Crippen LogP contribution in [0, 0.1) is 11.3 Å². The van der Waals surface area contributed by atoms with Crippen molar-refractivity contribution in [3.63, 3.8) is 0 Å². The van der Waals surface area contributed by atoms with E-state index < -0.39 is 0 Å². The smallest absolute Gasteiger partial charge is 0.162 e. The molecule has 2 N–H and O–H groups in total. The topological polar surface area (TPSA) is 78.2 Å². The van der Waals surface area contributed by atoms with Gasteiger partial charge >= 0.3 is 0 Å². The largest absolute Gasteiger partial charge is 0.504 e. The Bertz CT molecular complexity index is 951. The molecule has 24 heavy (non-hydrogen) atoms. The van der Waals surface area contributed by atoms with E-state index in [1.807, 2.05) is 0 Å². The van der Waals surface area contributed by atoms with Gasteiger partial charge in [-0.05, 0) is 24.3 Å². The first-order valence-corrected chi connectivity index (χ1v) is 7.59. The van der Waals surface area contributed by atoms with E-state index in [1.54, 1.807) is 36.4 Å². The minimum atomic E-state index is 0.0717. The minimum absolute atomic E-state index is 0.0717. The molecule has 0 bridgehead atoms. The van der Waals surface area contributed by atoms with Crippen molar-refractivity contribution >= 4 is 28.2 Å². The molecule has 0 spiro atoms. The van der Waals surface area contributed by atoms with Gasteiger partial charge in [-0.3, -0.25) is 4.98 Å². The van der Waals surface area contributed by atoms with Crippen LogP contribution in [0.2, 0.25) is 5.02 Å². The fourth-order valence-corrected chi connectivity index (χ4v) is 2.67. The van der Waals surface area contributed by atoms with Gasteiger partial charge in [-0.2, -0.15) is 5.26 Å². The molecular weight excluding hydrogens is 326 g/mol. The van der Waals surface area contributed by atoms with Gasteiger partial charge in [0.15, 0.2) is 11.5 Å². The van der Waals surface area contributed by atoms with Crippen LogP contribution in [0.3, 0.4) is 0 Å². The number of aromatic hydroxyl groups is 1. The van der Waals surface area contributed by atoms with Crippen molar-refractivity contribution in [2.75, 3.05) is 12.4 Å². The Morgan fingerprint density at radius 2 is 2.17 bits per heavy atom. The van der Waals surface area contributed by atoms with Crippen molar-refractivity contribution in [2.45, 2.75) is 6.54 Å². The zero-order valence-electron chi connectivity index (χ0n) is 12.9. The van der Waals surface area contributed by atoms with Gasteiger partial charge in [0.2, 0.25) is 0 Å². The zero-order chi connectivity index (χ0) is 17.1. The lowest BCUT2D eigenvalue weighted by molar-refractivity contribution is 0.371. The van der Waals surface area contributed by atoms with Crippen molar-refractivity contribution in [1.29, 1.82) is 5.26 Å². The van der Waals surface area contributed by atoms with Gasteiger partial charge in [0.1, 0.15) is 6.07 Å². The van der Waals surface area contributed by atoms with Crippen LogP contribution in [-0.2, 0) is 6.54 Å². The molecule has 0 aliphatic rings. The molecule has 3 aromatic rings. The highest BCUT2D eigenvalue weighted by atomic mass is 35.5. The van der Waals surface area contributed by atoms with Gasteiger partial charge in [-0.25, -0.2) is 0 Å². The van der Waals surface area contributed by atoms with Crippen LogP contribution in [0.1, 0.15) is 11.1 Å². The average Bonchev–Trinajstić information content (AvgIpc) is 2.60. The van der Waals surface area contributed by atoms with E-state index in [0.717, 1.165) is 10.9 Å². The Morgan fingerprint density at radius 1 is 1.33 bits per heavy atom. The highest BCUT2D eigenvalue weighted by molar-refractivity contribution is 6.31. The van der Waals surface area contributed by atoms with Gasteiger partial charge in [0.05, 0.1) is 23.9 Å². The molecule has 6 heteroatoms. The summed E-state index contributed by atoms with van der Waals surface area (Å²) in [6.45, 7) is 0.323. The standard InChI is InChI=1S/C18H14ClN3O2/c1-24-16-4-2-3-11(18(16)23)9-22-17-12(8-20)10-21-15-6-5-13(19)7-14(15)17/h2-7,10,23H,9H2,1H3,(H,21,22). The molecule has 0 saturated carbocycles. The predicted octanol–water partition coefficient (Wildman–Crippen LogP) is 4.09. The van der Waals surface area contributed by atoms with Crippen molar-refractivity contribution in [2.24, 2.45) is 0 Å². The Hall–Kier alpha value is -2.97. The normalized spacial score (nSPS) is 10.4. The quantitative estimate of drug-likeness (QED) is 0.748. The van der Waals surface area contributed by atoms with Crippen LogP contribution in [0.4, 0.5) is 5.69 Å². The van der Waals surface area contributed by atoms with E-state index in [1.165, 1.54) is 13.3 Å². The number of nitrogens with one attached hydrogen (secondary N) is 1. The number of para-hydroxylation sites is 1. The molecule has 1 heterocycles. The number of hydrogen-bond acceptors (Lipinski definition) is 5. The van der Waals surface area contributed by atoms with Crippen molar-refractivity contribution in [1.82, 2.24) is 4.98 Å². The molecule has 0 fully saturated rings. The van der Waals surface area contributed by atoms with Gasteiger partial charge < -0.3 is 15.2 Å². The number of benzene rings is 2. The first-order chi connectivity index (χ1) is 11.6. The van der Waals surface area contributed by atoms with E-state index in [2.05, 4.69) is 16.4 Å². The SMILES string of the molecule is COc1cccc(CNc2c(C#N)cnc3ccc(Cl)cc23)c1O. The second-order valence-electron chi connectivity index (χ2n) is 5.14. The van der Waals surface area contributed by atoms with Crippen LogP contribution >= 0.6 is 11.6 Å². The number of phenolic OH excluding ortho intramolecular Hbond substituents is 1. The molecule has 0 atom stereocenters. The number of aromatic nitrogens is 1. The first-order valence-electron chi connectivity index (χ1n) is 7.21. The number of nitriles is 1. The van der Waals surface area contributed by atoms with Crippen LogP contribution in [0.5, 0.6) is 11.5 Å². The lowest BCUT2D eigenvalue weighted by Gasteiger charge is -2.13. The summed E-state index contributed by atoms with van der Waals surface area (Å²) in [4.78, 5) is 4.26. The van der Waals surface area contributed by atoms with Crippen molar-refractivity contribution in [3.05, 3.63) is 58.7 Å². The molecular formula is C18H14ClN3O2. The molecule has 0 saturated heterocycles. The Balaban J connectivity index is 2.01. The van der Waals surface area contributed by atoms with Crippen LogP contribution in [0.15, 0.2) is 42.6 Å². The number of halogens is 1. The first kappa shape index (κ1) is 15.9. The van der Waals surface area contributed by atoms with E-state index in [0.29, 0.717) is 34.1 Å². The highest BCUT2D eigenvalue weighted by Crippen LogP contribution is 2.32. The average molecular weight is 340 g/mol. The number of fused-ring (bicyclic) bond motifs is 1. The summed E-state index contributed by atoms with van der Waals surface area (Å²) in [5.41, 5.74) is 2.43. The fourth-order valence-electron chi connectivity index (χ4n) is 2.50. The molecule has 0 unspecified atom stereocenters. The Morgan fingerprint density at radius 3 is 2.92 bits per heavy atom. The molecule has 120 valence electrons. The summed E-state index contributed by atoms with van der Waals surface area (Å²) < 4.78 is 5.11. The van der Waals surface area contributed by atoms with Crippen molar-refractivity contribution in [3.8, 4) is 17.6 Å². The number of ether oxygens (including phenoxy) is 1. The molecule has 3 rings (SSSR count). The third-order valence-corrected chi connectivity index (χ3v) is 3.94. The van der Waals surface area contributed by atoms with Gasteiger partial charge in [0.25, 0.3) is 0 Å². The maximum absolute atomic E-state index is 10.2. The number of methoxy groups -OCH3 is 1. The Kier molecular flexibility index (Phi) is 4.41. The third kappa shape index (κ3) is 2.92. The number of phenols is 1. The Labute approximate surface area is 144 Å². The molecule has 5 nitrogen and oxygen atoms in total. The third-order valence-electron chi connectivity index (χ3n) is 3.71. The van der Waals surface area contributed by atoms with Gasteiger partial charge in [-0.15, -0.1) is 0 Å². The lowest BCUT2D eigenvalue weighted by Crippen LogP contribution is -2.03. The van der Waals surface area contributed by atoms with E-state index in [4.69, 9.17) is 16.3 Å². The molecule has 0 aliphatic carbocycles. The molecule has 1 aromatic heterocycles. The van der Waals surface area contributed by atoms with Crippen LogP contribution in [-0.4, -0.2) is 17.2 Å². The van der Waals surface area contributed by atoms with E-state index in [9.17, 15) is 10.4 Å². The molecule has 2 aromatic carbocycles. The monoisotopic (exact) mass is 339 g/mol. The number of nitrogens with zero attached hydrogens (tertiary/aromatic N) is 2. The zero-order valence-corrected chi connectivity index (χ0v) is 13.6. The van der Waals surface area contributed by atoms with E-state index >= 15 is 0 Å². The second-order valence-corrected chi connectivity index (χ2v) is 5.58. The summed E-state index contributed by atoms with van der Waals surface area (Å²) in [5, 5.41) is 24.1. The summed E-state index contributed by atoms with van der Waals surface area (Å²) in [5.74, 6) is 0.472. The number of anilines is 1. The lowest BCUT2D eigenvalue weighted by atomic mass is 10.1. The summed E-state index contributed by atoms with van der Waals surface area (Å²) in [6.07, 6.45) is 1.52. The summed E-state index contributed by atoms with van der Waals surface area (Å²) in [6, 6.07) is 12.7. The maximum atomic E-state index is 10.2. The maximum Gasteiger partial charge on any atom is 0.162 e. The number of rotatable bonds is 4. The van der Waals surface area contributed by atoms with Crippen LogP contribution < -0.4 is 10.1 Å². The van der Waals surface area contributed by atoms with Gasteiger partial charge in [0, 0.05) is 28.7 Å². The van der Waals surface area contributed by atoms with Crippen molar-refractivity contribution < 1.29 is 9.84 Å². The number of pyridine rings is 1. The van der Waals surface area contributed by atoms with Crippen LogP contribution in [0.25, 0.3) is 10.9 Å². The minimum Gasteiger partial charge on any atom is -0.504 e. The number of hydrogen-bond donors (Lipinski definition) is 2. The summed E-state index contributed by atoms with van der Waals surface area (Å²) in [7, 11) is 1.50. The summed E-state index contributed by atoms with van der Waals surface area (Å²) >= 11 is 6.07. The molecule has 0 radical (unpaired) electrons. The second kappa shape index (κ2) is 6.65. The van der Waals surface area contributed by atoms with E-state index in [-0.39, 0.29) is 5.75 Å². The molecule has 0 aliphatic heterocycles. The molecule has 0 amide bonds. The highest BCUT2D eigenvalue weighted by Gasteiger charge is 2.12. The fraction of sp³-hybridized carbons (Fsp3) is 0.111. The predicted molar refractivity (Wildman–Crippen MR) is 93.5 cm³/mol. The van der Waals surface area contributed by atoms with Gasteiger partial charge in [-0.1, -0.05) is 23.7 Å².